The van der Waals surface area contributed by atoms with Gasteiger partial charge in [-0.3, -0.25) is 4.79 Å². The summed E-state index contributed by atoms with van der Waals surface area (Å²) in [6, 6.07) is 0.351. The Bertz CT molecular complexity index is 290. The van der Waals surface area contributed by atoms with Gasteiger partial charge in [-0.05, 0) is 39.3 Å². The molecule has 0 aromatic rings. The molecule has 118 valence electrons. The maximum Gasteiger partial charge on any atom is 0.234 e. The number of carbonyl (C=O) groups excluding carboxylic acids is 1. The molecule has 1 saturated carbocycles. The number of hydrogen-bond donors (Lipinski definition) is 2. The second-order valence-corrected chi connectivity index (χ2v) is 6.68. The molecule has 5 nitrogen and oxygen atoms in total. The van der Waals surface area contributed by atoms with Crippen LogP contribution in [0.2, 0.25) is 0 Å². The lowest BCUT2D eigenvalue weighted by Crippen LogP contribution is -2.45. The molecule has 0 aromatic heterocycles. The first-order valence-corrected chi connectivity index (χ1v) is 7.81. The minimum atomic E-state index is -0.214. The third-order valence-electron chi connectivity index (χ3n) is 3.58. The van der Waals surface area contributed by atoms with Crippen molar-refractivity contribution < 1.29 is 4.79 Å². The van der Waals surface area contributed by atoms with E-state index in [2.05, 4.69) is 43.1 Å². The van der Waals surface area contributed by atoms with Crippen LogP contribution < -0.4 is 11.1 Å². The van der Waals surface area contributed by atoms with Gasteiger partial charge in [-0.25, -0.2) is 0 Å². The summed E-state index contributed by atoms with van der Waals surface area (Å²) in [5.74, 6) is 0.426. The molecule has 0 saturated heterocycles. The van der Waals surface area contributed by atoms with Crippen molar-refractivity contribution in [2.24, 2.45) is 11.7 Å². The molecule has 0 bridgehead atoms. The van der Waals surface area contributed by atoms with Gasteiger partial charge in [-0.2, -0.15) is 0 Å². The van der Waals surface area contributed by atoms with Crippen molar-refractivity contribution in [3.05, 3.63) is 0 Å². The van der Waals surface area contributed by atoms with E-state index in [1.807, 2.05) is 0 Å². The molecule has 1 aliphatic rings. The Morgan fingerprint density at radius 1 is 1.25 bits per heavy atom. The third-order valence-corrected chi connectivity index (χ3v) is 3.58. The van der Waals surface area contributed by atoms with Crippen molar-refractivity contribution in [3.63, 3.8) is 0 Å². The Morgan fingerprint density at radius 3 is 2.35 bits per heavy atom. The first kappa shape index (κ1) is 17.4. The van der Waals surface area contributed by atoms with Gasteiger partial charge in [0, 0.05) is 32.2 Å². The van der Waals surface area contributed by atoms with Gasteiger partial charge in [-0.15, -0.1) is 0 Å². The molecule has 1 atom stereocenters. The molecule has 0 aliphatic heterocycles. The summed E-state index contributed by atoms with van der Waals surface area (Å²) in [5, 5.41) is 3.35. The SMILES string of the molecule is CC(C)CN(CCC(NC1CC1)C(N)=O)CCN(C)C. The number of primary amides is 1. The number of amides is 1. The van der Waals surface area contributed by atoms with Crippen LogP contribution in [0.15, 0.2) is 0 Å². The standard InChI is InChI=1S/C15H32N4O/c1-12(2)11-19(10-9-18(3)4)8-7-14(15(16)20)17-13-5-6-13/h12-14,17H,5-11H2,1-4H3,(H2,16,20). The summed E-state index contributed by atoms with van der Waals surface area (Å²) >= 11 is 0. The van der Waals surface area contributed by atoms with E-state index in [4.69, 9.17) is 5.73 Å². The normalized spacial score (nSPS) is 17.1. The largest absolute Gasteiger partial charge is 0.368 e. The minimum Gasteiger partial charge on any atom is -0.368 e. The van der Waals surface area contributed by atoms with E-state index in [1.165, 1.54) is 12.8 Å². The van der Waals surface area contributed by atoms with Crippen LogP contribution in [0.3, 0.4) is 0 Å². The Labute approximate surface area is 123 Å². The van der Waals surface area contributed by atoms with Crippen LogP contribution in [0.1, 0.15) is 33.1 Å². The molecular formula is C15H32N4O. The predicted molar refractivity (Wildman–Crippen MR) is 83.6 cm³/mol. The van der Waals surface area contributed by atoms with Crippen molar-refractivity contribution in [1.82, 2.24) is 15.1 Å². The zero-order valence-electron chi connectivity index (χ0n) is 13.6. The molecule has 5 heteroatoms. The highest BCUT2D eigenvalue weighted by Crippen LogP contribution is 2.20. The molecule has 0 spiro atoms. The zero-order chi connectivity index (χ0) is 15.1. The van der Waals surface area contributed by atoms with Gasteiger partial charge in [0.05, 0.1) is 6.04 Å². The summed E-state index contributed by atoms with van der Waals surface area (Å²) in [5.41, 5.74) is 5.49. The van der Waals surface area contributed by atoms with Crippen LogP contribution in [-0.2, 0) is 4.79 Å². The summed E-state index contributed by atoms with van der Waals surface area (Å²) in [6.07, 6.45) is 3.17. The van der Waals surface area contributed by atoms with Gasteiger partial charge < -0.3 is 20.9 Å². The van der Waals surface area contributed by atoms with E-state index < -0.39 is 0 Å². The number of nitrogens with two attached hydrogens (primary N) is 1. The summed E-state index contributed by atoms with van der Waals surface area (Å²) in [7, 11) is 4.18. The van der Waals surface area contributed by atoms with E-state index in [1.54, 1.807) is 0 Å². The van der Waals surface area contributed by atoms with Crippen LogP contribution in [-0.4, -0.2) is 68.1 Å². The lowest BCUT2D eigenvalue weighted by molar-refractivity contribution is -0.120. The predicted octanol–water partition coefficient (Wildman–Crippen LogP) is 0.502. The van der Waals surface area contributed by atoms with Gasteiger partial charge in [0.2, 0.25) is 5.91 Å². The first-order valence-electron chi connectivity index (χ1n) is 7.81. The van der Waals surface area contributed by atoms with Crippen molar-refractivity contribution in [2.75, 3.05) is 40.3 Å². The third kappa shape index (κ3) is 7.82. The topological polar surface area (TPSA) is 61.6 Å². The van der Waals surface area contributed by atoms with Gasteiger partial charge in [0.25, 0.3) is 0 Å². The number of rotatable bonds is 11. The van der Waals surface area contributed by atoms with Crippen molar-refractivity contribution in [1.29, 1.82) is 0 Å². The first-order chi connectivity index (χ1) is 9.38. The fraction of sp³-hybridized carbons (Fsp3) is 0.933. The van der Waals surface area contributed by atoms with Crippen molar-refractivity contribution in [2.45, 2.75) is 45.2 Å². The van der Waals surface area contributed by atoms with E-state index in [-0.39, 0.29) is 11.9 Å². The number of nitrogens with zero attached hydrogens (tertiary/aromatic N) is 2. The average Bonchev–Trinajstić information content (AvgIpc) is 3.13. The maximum absolute atomic E-state index is 11.5. The number of hydrogen-bond acceptors (Lipinski definition) is 4. The molecule has 20 heavy (non-hydrogen) atoms. The molecule has 0 radical (unpaired) electrons. The average molecular weight is 284 g/mol. The molecule has 3 N–H and O–H groups in total. The summed E-state index contributed by atoms with van der Waals surface area (Å²) in [6.45, 7) is 8.56. The number of likely N-dealkylation sites (N-methyl/N-ethyl adjacent to an activating group) is 1. The molecule has 1 unspecified atom stereocenters. The van der Waals surface area contributed by atoms with Crippen LogP contribution in [0, 0.1) is 5.92 Å². The van der Waals surface area contributed by atoms with E-state index >= 15 is 0 Å². The minimum absolute atomic E-state index is 0.170. The number of carbonyl (C=O) groups is 1. The fourth-order valence-electron chi connectivity index (χ4n) is 2.31. The molecule has 1 fully saturated rings. The highest BCUT2D eigenvalue weighted by atomic mass is 16.1. The van der Waals surface area contributed by atoms with Gasteiger partial charge in [-0.1, -0.05) is 13.8 Å². The Kier molecular flexibility index (Phi) is 7.48. The Balaban J connectivity index is 2.38. The van der Waals surface area contributed by atoms with Gasteiger partial charge in [0.1, 0.15) is 0 Å². The quantitative estimate of drug-likeness (QED) is 0.580. The fourth-order valence-corrected chi connectivity index (χ4v) is 2.31. The summed E-state index contributed by atoms with van der Waals surface area (Å²) < 4.78 is 0. The lowest BCUT2D eigenvalue weighted by Gasteiger charge is -2.27. The second-order valence-electron chi connectivity index (χ2n) is 6.68. The smallest absolute Gasteiger partial charge is 0.234 e. The van der Waals surface area contributed by atoms with Crippen LogP contribution >= 0.6 is 0 Å². The molecule has 1 rings (SSSR count). The Morgan fingerprint density at radius 2 is 1.90 bits per heavy atom. The lowest BCUT2D eigenvalue weighted by atomic mass is 10.1. The molecular weight excluding hydrogens is 252 g/mol. The van der Waals surface area contributed by atoms with E-state index in [0.717, 1.165) is 32.6 Å². The van der Waals surface area contributed by atoms with Crippen LogP contribution in [0.5, 0.6) is 0 Å². The highest BCUT2D eigenvalue weighted by molar-refractivity contribution is 5.79. The molecule has 0 heterocycles. The Hall–Kier alpha value is -0.650. The van der Waals surface area contributed by atoms with Crippen molar-refractivity contribution >= 4 is 5.91 Å². The molecule has 1 aliphatic carbocycles. The van der Waals surface area contributed by atoms with Crippen LogP contribution in [0.4, 0.5) is 0 Å². The highest BCUT2D eigenvalue weighted by Gasteiger charge is 2.27. The van der Waals surface area contributed by atoms with E-state index in [9.17, 15) is 4.79 Å². The summed E-state index contributed by atoms with van der Waals surface area (Å²) in [4.78, 5) is 16.1. The van der Waals surface area contributed by atoms with Crippen LogP contribution in [0.25, 0.3) is 0 Å². The van der Waals surface area contributed by atoms with E-state index in [0.29, 0.717) is 12.0 Å². The zero-order valence-corrected chi connectivity index (χ0v) is 13.6. The second kappa shape index (κ2) is 8.60. The van der Waals surface area contributed by atoms with Gasteiger partial charge in [0.15, 0.2) is 0 Å². The van der Waals surface area contributed by atoms with Gasteiger partial charge >= 0.3 is 0 Å². The van der Waals surface area contributed by atoms with Crippen molar-refractivity contribution in [3.8, 4) is 0 Å². The number of nitrogens with one attached hydrogen (secondary N) is 1. The maximum atomic E-state index is 11.5. The molecule has 0 aromatic carbocycles. The molecule has 1 amide bonds. The monoisotopic (exact) mass is 284 g/mol.